The van der Waals surface area contributed by atoms with Crippen molar-refractivity contribution >= 4 is 16.8 Å². The van der Waals surface area contributed by atoms with Crippen molar-refractivity contribution in [2.45, 2.75) is 20.3 Å². The van der Waals surface area contributed by atoms with E-state index < -0.39 is 0 Å². The maximum absolute atomic E-state index is 12.3. The molecule has 0 radical (unpaired) electrons. The van der Waals surface area contributed by atoms with E-state index in [0.29, 0.717) is 31.1 Å². The zero-order chi connectivity index (χ0) is 17.6. The number of fused-ring (bicyclic) bond motifs is 1. The van der Waals surface area contributed by atoms with Crippen LogP contribution < -0.4 is 5.32 Å². The molecule has 3 rings (SSSR count). The van der Waals surface area contributed by atoms with Gasteiger partial charge in [0, 0.05) is 31.3 Å². The largest absolute Gasteiger partial charge is 0.382 e. The van der Waals surface area contributed by atoms with E-state index in [1.54, 1.807) is 10.9 Å². The Morgan fingerprint density at radius 1 is 1.32 bits per heavy atom. The molecule has 7 heteroatoms. The van der Waals surface area contributed by atoms with Crippen LogP contribution in [0.25, 0.3) is 16.6 Å². The fourth-order valence-electron chi connectivity index (χ4n) is 2.58. The third-order valence-corrected chi connectivity index (χ3v) is 3.90. The molecule has 7 nitrogen and oxygen atoms in total. The normalized spacial score (nSPS) is 11.0. The van der Waals surface area contributed by atoms with Crippen molar-refractivity contribution in [3.05, 3.63) is 47.9 Å². The Morgan fingerprint density at radius 2 is 2.20 bits per heavy atom. The molecule has 0 bridgehead atoms. The van der Waals surface area contributed by atoms with E-state index in [0.717, 1.165) is 23.0 Å². The van der Waals surface area contributed by atoms with Crippen LogP contribution in [0.5, 0.6) is 0 Å². The van der Waals surface area contributed by atoms with E-state index in [-0.39, 0.29) is 5.91 Å². The van der Waals surface area contributed by atoms with Gasteiger partial charge in [0.05, 0.1) is 16.9 Å². The first kappa shape index (κ1) is 17.0. The zero-order valence-corrected chi connectivity index (χ0v) is 14.4. The maximum atomic E-state index is 12.3. The van der Waals surface area contributed by atoms with Crippen LogP contribution in [-0.2, 0) is 4.74 Å². The number of benzene rings is 1. The fourth-order valence-corrected chi connectivity index (χ4v) is 2.58. The summed E-state index contributed by atoms with van der Waals surface area (Å²) in [6.07, 6.45) is 2.53. The molecule has 0 unspecified atom stereocenters. The number of hydrogen-bond acceptors (Lipinski definition) is 5. The van der Waals surface area contributed by atoms with E-state index in [1.165, 1.54) is 0 Å². The van der Waals surface area contributed by atoms with Crippen LogP contribution in [0.3, 0.4) is 0 Å². The van der Waals surface area contributed by atoms with Gasteiger partial charge in [-0.25, -0.2) is 4.68 Å². The lowest BCUT2D eigenvalue weighted by atomic mass is 10.2. The van der Waals surface area contributed by atoms with Crippen molar-refractivity contribution in [1.29, 1.82) is 0 Å². The molecule has 1 aromatic carbocycles. The number of hydrogen-bond donors (Lipinski definition) is 1. The number of amides is 1. The number of pyridine rings is 1. The van der Waals surface area contributed by atoms with Gasteiger partial charge in [-0.3, -0.25) is 9.78 Å². The molecular formula is C18H21N5O2. The summed E-state index contributed by atoms with van der Waals surface area (Å²) in [4.78, 5) is 16.6. The van der Waals surface area contributed by atoms with Crippen LogP contribution in [0, 0.1) is 6.92 Å². The molecular weight excluding hydrogens is 318 g/mol. The molecule has 0 aliphatic rings. The number of nitrogens with one attached hydrogen (secondary N) is 1. The molecule has 0 fully saturated rings. The second kappa shape index (κ2) is 7.85. The molecule has 1 amide bonds. The van der Waals surface area contributed by atoms with Crippen LogP contribution in [0.2, 0.25) is 0 Å². The molecule has 1 N–H and O–H groups in total. The highest BCUT2D eigenvalue weighted by atomic mass is 16.5. The summed E-state index contributed by atoms with van der Waals surface area (Å²) in [5.41, 5.74) is 2.80. The molecule has 3 aromatic rings. The monoisotopic (exact) mass is 339 g/mol. The van der Waals surface area contributed by atoms with Crippen molar-refractivity contribution < 1.29 is 9.53 Å². The lowest BCUT2D eigenvalue weighted by Crippen LogP contribution is -2.26. The average Bonchev–Trinajstić information content (AvgIpc) is 3.02. The van der Waals surface area contributed by atoms with Gasteiger partial charge in [-0.2, -0.15) is 0 Å². The predicted octanol–water partition coefficient (Wildman–Crippen LogP) is 2.28. The van der Waals surface area contributed by atoms with E-state index in [1.807, 2.05) is 44.2 Å². The van der Waals surface area contributed by atoms with Crippen molar-refractivity contribution in [1.82, 2.24) is 25.3 Å². The first-order valence-corrected chi connectivity index (χ1v) is 8.34. The number of nitrogens with zero attached hydrogens (tertiary/aromatic N) is 4. The number of rotatable bonds is 7. The van der Waals surface area contributed by atoms with E-state index >= 15 is 0 Å². The molecule has 2 heterocycles. The standard InChI is InChI=1S/C18H21N5O2/c1-3-25-11-5-10-20-18(24)17-13(2)23(22-21-17)15-7-8-16-14(12-15)6-4-9-19-16/h4,6-9,12H,3,5,10-11H2,1-2H3,(H,20,24). The average molecular weight is 339 g/mol. The fraction of sp³-hybridized carbons (Fsp3) is 0.333. The highest BCUT2D eigenvalue weighted by Gasteiger charge is 2.17. The van der Waals surface area contributed by atoms with Gasteiger partial charge in [0.25, 0.3) is 5.91 Å². The van der Waals surface area contributed by atoms with Crippen LogP contribution in [0.15, 0.2) is 36.5 Å². The van der Waals surface area contributed by atoms with Crippen molar-refractivity contribution in [3.8, 4) is 5.69 Å². The second-order valence-electron chi connectivity index (χ2n) is 5.62. The van der Waals surface area contributed by atoms with Crippen molar-refractivity contribution in [2.75, 3.05) is 19.8 Å². The molecule has 130 valence electrons. The summed E-state index contributed by atoms with van der Waals surface area (Å²) >= 11 is 0. The van der Waals surface area contributed by atoms with E-state index in [2.05, 4.69) is 20.6 Å². The molecule has 0 saturated heterocycles. The Hall–Kier alpha value is -2.80. The van der Waals surface area contributed by atoms with Crippen molar-refractivity contribution in [3.63, 3.8) is 0 Å². The molecule has 0 atom stereocenters. The zero-order valence-electron chi connectivity index (χ0n) is 14.4. The topological polar surface area (TPSA) is 81.9 Å². The highest BCUT2D eigenvalue weighted by Crippen LogP contribution is 2.18. The van der Waals surface area contributed by atoms with E-state index in [9.17, 15) is 4.79 Å². The number of ether oxygens (including phenoxy) is 1. The lowest BCUT2D eigenvalue weighted by molar-refractivity contribution is 0.0938. The number of carbonyl (C=O) groups is 1. The van der Waals surface area contributed by atoms with Crippen molar-refractivity contribution in [2.24, 2.45) is 0 Å². The quantitative estimate of drug-likeness (QED) is 0.668. The highest BCUT2D eigenvalue weighted by molar-refractivity contribution is 5.93. The van der Waals surface area contributed by atoms with Crippen LogP contribution in [0.4, 0.5) is 0 Å². The SMILES string of the molecule is CCOCCCNC(=O)c1nnn(-c2ccc3ncccc3c2)c1C. The summed E-state index contributed by atoms with van der Waals surface area (Å²) in [6.45, 7) is 5.65. The van der Waals surface area contributed by atoms with Gasteiger partial charge in [-0.05, 0) is 44.5 Å². The maximum Gasteiger partial charge on any atom is 0.273 e. The Balaban J connectivity index is 1.74. The van der Waals surface area contributed by atoms with Gasteiger partial charge >= 0.3 is 0 Å². The van der Waals surface area contributed by atoms with Gasteiger partial charge < -0.3 is 10.1 Å². The molecule has 25 heavy (non-hydrogen) atoms. The first-order chi connectivity index (χ1) is 12.2. The molecule has 0 spiro atoms. The second-order valence-corrected chi connectivity index (χ2v) is 5.62. The minimum absolute atomic E-state index is 0.220. The molecule has 0 aliphatic heterocycles. The lowest BCUT2D eigenvalue weighted by Gasteiger charge is -2.06. The summed E-state index contributed by atoms with van der Waals surface area (Å²) in [6, 6.07) is 9.71. The van der Waals surface area contributed by atoms with Crippen LogP contribution in [-0.4, -0.2) is 45.6 Å². The number of aromatic nitrogens is 4. The van der Waals surface area contributed by atoms with Crippen LogP contribution in [0.1, 0.15) is 29.5 Å². The minimum Gasteiger partial charge on any atom is -0.382 e. The van der Waals surface area contributed by atoms with Gasteiger partial charge in [0.15, 0.2) is 5.69 Å². The summed E-state index contributed by atoms with van der Waals surface area (Å²) in [5.74, 6) is -0.220. The smallest absolute Gasteiger partial charge is 0.273 e. The first-order valence-electron chi connectivity index (χ1n) is 8.34. The minimum atomic E-state index is -0.220. The van der Waals surface area contributed by atoms with Gasteiger partial charge in [0.2, 0.25) is 0 Å². The Kier molecular flexibility index (Phi) is 5.35. The Bertz CT molecular complexity index is 875. The third kappa shape index (κ3) is 3.83. The third-order valence-electron chi connectivity index (χ3n) is 3.90. The van der Waals surface area contributed by atoms with Gasteiger partial charge in [-0.1, -0.05) is 11.3 Å². The van der Waals surface area contributed by atoms with E-state index in [4.69, 9.17) is 4.74 Å². The van der Waals surface area contributed by atoms with Gasteiger partial charge in [-0.15, -0.1) is 5.10 Å². The van der Waals surface area contributed by atoms with Gasteiger partial charge in [0.1, 0.15) is 0 Å². The Labute approximate surface area is 146 Å². The predicted molar refractivity (Wildman–Crippen MR) is 94.8 cm³/mol. The summed E-state index contributed by atoms with van der Waals surface area (Å²) < 4.78 is 6.92. The summed E-state index contributed by atoms with van der Waals surface area (Å²) in [5, 5.41) is 12.0. The number of carbonyl (C=O) groups excluding carboxylic acids is 1. The molecule has 0 saturated carbocycles. The molecule has 0 aliphatic carbocycles. The summed E-state index contributed by atoms with van der Waals surface area (Å²) in [7, 11) is 0. The van der Waals surface area contributed by atoms with Crippen LogP contribution >= 0.6 is 0 Å². The Morgan fingerprint density at radius 3 is 3.04 bits per heavy atom. The molecule has 2 aromatic heterocycles.